The Morgan fingerprint density at radius 1 is 1.45 bits per heavy atom. The van der Waals surface area contributed by atoms with Gasteiger partial charge in [-0.25, -0.2) is 4.39 Å². The summed E-state index contributed by atoms with van der Waals surface area (Å²) < 4.78 is 18.7. The maximum Gasteiger partial charge on any atom is 0.254 e. The van der Waals surface area contributed by atoms with Gasteiger partial charge in [0.1, 0.15) is 11.6 Å². The van der Waals surface area contributed by atoms with Crippen molar-refractivity contribution in [3.63, 3.8) is 0 Å². The summed E-state index contributed by atoms with van der Waals surface area (Å²) in [5.74, 6) is -0.522. The van der Waals surface area contributed by atoms with Gasteiger partial charge >= 0.3 is 0 Å². The van der Waals surface area contributed by atoms with Crippen molar-refractivity contribution in [2.24, 2.45) is 5.41 Å². The zero-order chi connectivity index (χ0) is 14.6. The Balaban J connectivity index is 1.98. The van der Waals surface area contributed by atoms with E-state index in [2.05, 4.69) is 17.6 Å². The number of hydrogen-bond acceptors (Lipinski definition) is 3. The van der Waals surface area contributed by atoms with Crippen LogP contribution in [-0.4, -0.2) is 32.7 Å². The smallest absolute Gasteiger partial charge is 0.254 e. The zero-order valence-corrected chi connectivity index (χ0v) is 12.0. The van der Waals surface area contributed by atoms with E-state index in [0.29, 0.717) is 12.3 Å². The van der Waals surface area contributed by atoms with Crippen LogP contribution < -0.4 is 15.4 Å². The summed E-state index contributed by atoms with van der Waals surface area (Å²) in [7, 11) is 1.46. The van der Waals surface area contributed by atoms with Gasteiger partial charge in [-0.1, -0.05) is 6.92 Å². The Hall–Kier alpha value is -1.62. The summed E-state index contributed by atoms with van der Waals surface area (Å²) in [4.78, 5) is 12.0. The monoisotopic (exact) mass is 280 g/mol. The lowest BCUT2D eigenvalue weighted by molar-refractivity contribution is 0.0918. The van der Waals surface area contributed by atoms with E-state index < -0.39 is 5.82 Å². The molecule has 0 spiro atoms. The second-order valence-electron chi connectivity index (χ2n) is 5.59. The predicted molar refractivity (Wildman–Crippen MR) is 75.5 cm³/mol. The molecule has 5 heteroatoms. The maximum absolute atomic E-state index is 13.8. The molecular formula is C15H21FN2O2. The Morgan fingerprint density at radius 2 is 2.15 bits per heavy atom. The van der Waals surface area contributed by atoms with Gasteiger partial charge in [-0.2, -0.15) is 0 Å². The van der Waals surface area contributed by atoms with E-state index in [1.807, 2.05) is 0 Å². The number of nitrogens with one attached hydrogen (secondary N) is 2. The topological polar surface area (TPSA) is 50.4 Å². The molecule has 2 rings (SSSR count). The number of amides is 1. The lowest BCUT2D eigenvalue weighted by Crippen LogP contribution is -2.43. The highest BCUT2D eigenvalue weighted by molar-refractivity contribution is 5.94. The zero-order valence-electron chi connectivity index (χ0n) is 12.0. The van der Waals surface area contributed by atoms with Crippen molar-refractivity contribution in [2.45, 2.75) is 19.8 Å². The molecule has 1 aliphatic heterocycles. The predicted octanol–water partition coefficient (Wildman–Crippen LogP) is 1.95. The molecule has 1 heterocycles. The van der Waals surface area contributed by atoms with Gasteiger partial charge in [0, 0.05) is 12.6 Å². The third-order valence-corrected chi connectivity index (χ3v) is 3.91. The first kappa shape index (κ1) is 14.8. The highest BCUT2D eigenvalue weighted by Crippen LogP contribution is 2.27. The molecule has 1 aromatic carbocycles. The number of carbonyl (C=O) groups is 1. The molecule has 1 saturated heterocycles. The molecule has 0 atom stereocenters. The van der Waals surface area contributed by atoms with Gasteiger partial charge < -0.3 is 15.4 Å². The number of carbonyl (C=O) groups excluding carboxylic acids is 1. The molecule has 2 N–H and O–H groups in total. The van der Waals surface area contributed by atoms with Crippen LogP contribution in [0.25, 0.3) is 0 Å². The highest BCUT2D eigenvalue weighted by Gasteiger charge is 2.27. The largest absolute Gasteiger partial charge is 0.497 e. The summed E-state index contributed by atoms with van der Waals surface area (Å²) in [6, 6.07) is 4.26. The lowest BCUT2D eigenvalue weighted by atomic mass is 9.81. The molecule has 110 valence electrons. The summed E-state index contributed by atoms with van der Waals surface area (Å²) in [6.45, 7) is 4.64. The van der Waals surface area contributed by atoms with E-state index in [1.54, 1.807) is 6.07 Å². The Bertz CT molecular complexity index is 485. The summed E-state index contributed by atoms with van der Waals surface area (Å²) in [5.41, 5.74) is 0.146. The molecule has 0 saturated carbocycles. The molecule has 1 aromatic rings. The molecule has 0 aromatic heterocycles. The molecule has 0 radical (unpaired) electrons. The van der Waals surface area contributed by atoms with E-state index in [-0.39, 0.29) is 16.9 Å². The normalized spacial score (nSPS) is 17.6. The van der Waals surface area contributed by atoms with Crippen LogP contribution in [0.2, 0.25) is 0 Å². The van der Waals surface area contributed by atoms with Crippen molar-refractivity contribution < 1.29 is 13.9 Å². The van der Waals surface area contributed by atoms with Crippen LogP contribution in [0.3, 0.4) is 0 Å². The van der Waals surface area contributed by atoms with Gasteiger partial charge in [0.25, 0.3) is 5.91 Å². The highest BCUT2D eigenvalue weighted by atomic mass is 19.1. The SMILES string of the molecule is COc1ccc(C(=O)NCC2(C)CCNCC2)c(F)c1. The van der Waals surface area contributed by atoms with Crippen LogP contribution in [0, 0.1) is 11.2 Å². The number of methoxy groups -OCH3 is 1. The molecule has 20 heavy (non-hydrogen) atoms. The fourth-order valence-corrected chi connectivity index (χ4v) is 2.40. The van der Waals surface area contributed by atoms with Gasteiger partial charge in [0.05, 0.1) is 12.7 Å². The Morgan fingerprint density at radius 3 is 2.75 bits per heavy atom. The van der Waals surface area contributed by atoms with Crippen molar-refractivity contribution in [1.82, 2.24) is 10.6 Å². The first-order valence-corrected chi connectivity index (χ1v) is 6.86. The minimum atomic E-state index is -0.558. The van der Waals surface area contributed by atoms with Crippen molar-refractivity contribution in [1.29, 1.82) is 0 Å². The van der Waals surface area contributed by atoms with Crippen molar-refractivity contribution in [2.75, 3.05) is 26.7 Å². The first-order valence-electron chi connectivity index (χ1n) is 6.86. The lowest BCUT2D eigenvalue weighted by Gasteiger charge is -2.34. The second-order valence-corrected chi connectivity index (χ2v) is 5.59. The average Bonchev–Trinajstić information content (AvgIpc) is 2.45. The minimum Gasteiger partial charge on any atom is -0.497 e. The minimum absolute atomic E-state index is 0.0586. The van der Waals surface area contributed by atoms with E-state index >= 15 is 0 Å². The Kier molecular flexibility index (Phi) is 4.60. The fraction of sp³-hybridized carbons (Fsp3) is 0.533. The van der Waals surface area contributed by atoms with Crippen LogP contribution >= 0.6 is 0 Å². The number of halogens is 1. The summed E-state index contributed by atoms with van der Waals surface area (Å²) in [6.07, 6.45) is 2.02. The first-order chi connectivity index (χ1) is 9.54. The van der Waals surface area contributed by atoms with Crippen LogP contribution in [0.15, 0.2) is 18.2 Å². The van der Waals surface area contributed by atoms with Crippen LogP contribution in [-0.2, 0) is 0 Å². The fourth-order valence-electron chi connectivity index (χ4n) is 2.40. The van der Waals surface area contributed by atoms with Gasteiger partial charge in [0.15, 0.2) is 0 Å². The van der Waals surface area contributed by atoms with Crippen molar-refractivity contribution >= 4 is 5.91 Å². The molecule has 4 nitrogen and oxygen atoms in total. The van der Waals surface area contributed by atoms with E-state index in [4.69, 9.17) is 4.74 Å². The van der Waals surface area contributed by atoms with Crippen molar-refractivity contribution in [3.05, 3.63) is 29.6 Å². The molecule has 1 amide bonds. The van der Waals surface area contributed by atoms with Gasteiger partial charge in [-0.05, 0) is 43.5 Å². The molecule has 0 unspecified atom stereocenters. The van der Waals surface area contributed by atoms with Gasteiger partial charge in [-0.15, -0.1) is 0 Å². The number of rotatable bonds is 4. The molecule has 0 bridgehead atoms. The quantitative estimate of drug-likeness (QED) is 0.886. The third-order valence-electron chi connectivity index (χ3n) is 3.91. The standard InChI is InChI=1S/C15H21FN2O2/c1-15(5-7-17-8-6-15)10-18-14(19)12-4-3-11(20-2)9-13(12)16/h3-4,9,17H,5-8,10H2,1-2H3,(H,18,19). The summed E-state index contributed by atoms with van der Waals surface area (Å²) in [5, 5.41) is 6.13. The number of piperidine rings is 1. The number of benzene rings is 1. The van der Waals surface area contributed by atoms with E-state index in [1.165, 1.54) is 19.2 Å². The van der Waals surface area contributed by atoms with Crippen LogP contribution in [0.4, 0.5) is 4.39 Å². The van der Waals surface area contributed by atoms with Crippen molar-refractivity contribution in [3.8, 4) is 5.75 Å². The molecule has 1 aliphatic rings. The average molecular weight is 280 g/mol. The maximum atomic E-state index is 13.8. The van der Waals surface area contributed by atoms with E-state index in [0.717, 1.165) is 25.9 Å². The molecule has 0 aliphatic carbocycles. The van der Waals surface area contributed by atoms with Gasteiger partial charge in [-0.3, -0.25) is 4.79 Å². The molecule has 1 fully saturated rings. The van der Waals surface area contributed by atoms with E-state index in [9.17, 15) is 9.18 Å². The third kappa shape index (κ3) is 3.48. The second kappa shape index (κ2) is 6.22. The van der Waals surface area contributed by atoms with Crippen LogP contribution in [0.1, 0.15) is 30.1 Å². The number of hydrogen-bond donors (Lipinski definition) is 2. The number of ether oxygens (including phenoxy) is 1. The summed E-state index contributed by atoms with van der Waals surface area (Å²) >= 11 is 0. The van der Waals surface area contributed by atoms with Gasteiger partial charge in [0.2, 0.25) is 0 Å². The Labute approximate surface area is 118 Å². The molecular weight excluding hydrogens is 259 g/mol. The van der Waals surface area contributed by atoms with Crippen LogP contribution in [0.5, 0.6) is 5.75 Å².